The standard InChI is InChI=1S/C29H22N2.2C22H17N3.C21H16N4/c1-21-12-14-24(15-13-21)27-20-28(31-29(30-27)26-10-6-3-7-11-26)25-18-16-23(17-19-25)22-8-4-2-5-9-22;1-16-24-21(18-6-3-2-4-7-18)14-22(25-16)19-11-9-17(10-12-19)20-8-5-13-23-15-20;1-16-14-21(18-6-3-2-4-7-18)25-22(24-16)19-11-9-17(10-12-19)20-8-5-13-23-15-20;1-15-12-19(16-8-4-2-5-9-16)25-21(24-15)18-13-22-20(23-14-18)17-10-6-3-7-11-17/h2-20H,1H3;2*2-15H,1H3;2-14H,1H3. The highest BCUT2D eigenvalue weighted by atomic mass is 14.9. The first kappa shape index (κ1) is 69.0. The van der Waals surface area contributed by atoms with Gasteiger partial charge in [0.25, 0.3) is 0 Å². The summed E-state index contributed by atoms with van der Waals surface area (Å²) in [5.41, 5.74) is 25.9. The summed E-state index contributed by atoms with van der Waals surface area (Å²) >= 11 is 0. The van der Waals surface area contributed by atoms with Crippen LogP contribution in [0.5, 0.6) is 0 Å². The lowest BCUT2D eigenvalue weighted by Gasteiger charge is -2.10. The molecule has 0 fully saturated rings. The molecule has 0 bridgehead atoms. The molecule has 12 nitrogen and oxygen atoms in total. The van der Waals surface area contributed by atoms with Gasteiger partial charge in [0.15, 0.2) is 23.3 Å². The fourth-order valence-corrected chi connectivity index (χ4v) is 11.9. The van der Waals surface area contributed by atoms with Gasteiger partial charge in [0.05, 0.1) is 39.7 Å². The number of pyridine rings is 2. The number of aromatic nitrogens is 12. The summed E-state index contributed by atoms with van der Waals surface area (Å²) in [5.74, 6) is 3.59. The van der Waals surface area contributed by atoms with Crippen LogP contribution >= 0.6 is 0 Å². The van der Waals surface area contributed by atoms with Crippen LogP contribution in [0.4, 0.5) is 0 Å². The Morgan fingerprint density at radius 2 is 0.434 bits per heavy atom. The molecular formula is C94H72N12. The maximum atomic E-state index is 4.91. The van der Waals surface area contributed by atoms with Crippen molar-refractivity contribution in [2.24, 2.45) is 0 Å². The fourth-order valence-electron chi connectivity index (χ4n) is 11.9. The fraction of sp³-hybridized carbons (Fsp3) is 0.0426. The van der Waals surface area contributed by atoms with Crippen molar-refractivity contribution in [3.8, 4) is 146 Å². The number of benzene rings is 10. The number of aryl methyl sites for hydroxylation is 4. The van der Waals surface area contributed by atoms with Gasteiger partial charge in [0.2, 0.25) is 0 Å². The average Bonchev–Trinajstić information content (AvgIpc) is 0.809. The molecule has 17 rings (SSSR count). The van der Waals surface area contributed by atoms with Gasteiger partial charge < -0.3 is 0 Å². The average molecular weight is 1370 g/mol. The molecule has 0 amide bonds. The van der Waals surface area contributed by atoms with Crippen molar-refractivity contribution in [1.29, 1.82) is 0 Å². The van der Waals surface area contributed by atoms with Gasteiger partial charge in [0.1, 0.15) is 5.82 Å². The zero-order valence-electron chi connectivity index (χ0n) is 59.0. The Bertz CT molecular complexity index is 5260. The highest BCUT2D eigenvalue weighted by Gasteiger charge is 2.15. The Hall–Kier alpha value is -14.1. The molecule has 7 heterocycles. The van der Waals surface area contributed by atoms with Crippen molar-refractivity contribution in [2.75, 3.05) is 0 Å². The summed E-state index contributed by atoms with van der Waals surface area (Å²) in [6.45, 7) is 8.00. The van der Waals surface area contributed by atoms with Gasteiger partial charge in [-0.2, -0.15) is 0 Å². The van der Waals surface area contributed by atoms with E-state index in [9.17, 15) is 0 Å². The van der Waals surface area contributed by atoms with Crippen LogP contribution in [-0.2, 0) is 0 Å². The zero-order valence-corrected chi connectivity index (χ0v) is 59.0. The van der Waals surface area contributed by atoms with Crippen molar-refractivity contribution in [2.45, 2.75) is 27.7 Å². The van der Waals surface area contributed by atoms with Crippen molar-refractivity contribution in [3.63, 3.8) is 0 Å². The molecule has 0 unspecified atom stereocenters. The molecule has 0 aliphatic heterocycles. The van der Waals surface area contributed by atoms with Crippen LogP contribution in [0, 0.1) is 27.7 Å². The Balaban J connectivity index is 0.000000119. The largest absolute Gasteiger partial charge is 0.264 e. The maximum absolute atomic E-state index is 4.91. The molecule has 12 heteroatoms. The van der Waals surface area contributed by atoms with E-state index in [1.807, 2.05) is 185 Å². The van der Waals surface area contributed by atoms with E-state index in [1.165, 1.54) is 16.7 Å². The van der Waals surface area contributed by atoms with E-state index in [2.05, 4.69) is 228 Å². The highest BCUT2D eigenvalue weighted by molar-refractivity contribution is 5.76. The number of hydrogen-bond acceptors (Lipinski definition) is 12. The third kappa shape index (κ3) is 17.8. The highest BCUT2D eigenvalue weighted by Crippen LogP contribution is 2.33. The SMILES string of the molecule is Cc1cc(-c2ccccc2)nc(-c2ccc(-c3cccnc3)cc2)n1.Cc1cc(-c2ccccc2)nc(-c2cnc(-c3ccccc3)nc2)n1.Cc1ccc(-c2cc(-c3ccc(-c4ccccc4)cc3)nc(-c3ccccc3)n2)cc1.Cc1nc(-c2ccccc2)cc(-c2ccc(-c3cccnc3)cc2)n1. The molecule has 508 valence electrons. The van der Waals surface area contributed by atoms with Crippen LogP contribution in [0.15, 0.2) is 365 Å². The predicted molar refractivity (Wildman–Crippen MR) is 429 cm³/mol. The van der Waals surface area contributed by atoms with Crippen molar-refractivity contribution < 1.29 is 0 Å². The van der Waals surface area contributed by atoms with Crippen LogP contribution < -0.4 is 0 Å². The summed E-state index contributed by atoms with van der Waals surface area (Å²) < 4.78 is 0. The molecule has 0 saturated heterocycles. The summed E-state index contributed by atoms with van der Waals surface area (Å²) in [6.07, 6.45) is 10.9. The Morgan fingerprint density at radius 1 is 0.179 bits per heavy atom. The molecule has 106 heavy (non-hydrogen) atoms. The summed E-state index contributed by atoms with van der Waals surface area (Å²) in [4.78, 5) is 54.8. The molecule has 0 saturated carbocycles. The third-order valence-electron chi connectivity index (χ3n) is 17.4. The Labute approximate surface area is 617 Å². The minimum Gasteiger partial charge on any atom is -0.264 e. The Kier molecular flexibility index (Phi) is 21.9. The van der Waals surface area contributed by atoms with Crippen molar-refractivity contribution >= 4 is 0 Å². The predicted octanol–water partition coefficient (Wildman–Crippen LogP) is 22.4. The first-order chi connectivity index (χ1) is 52.1. The topological polar surface area (TPSA) is 155 Å². The van der Waals surface area contributed by atoms with E-state index in [0.717, 1.165) is 141 Å². The molecule has 0 aliphatic rings. The molecule has 10 aromatic carbocycles. The van der Waals surface area contributed by atoms with Gasteiger partial charge in [-0.1, -0.05) is 297 Å². The third-order valence-corrected chi connectivity index (χ3v) is 17.4. The van der Waals surface area contributed by atoms with Gasteiger partial charge in [-0.25, -0.2) is 49.8 Å². The van der Waals surface area contributed by atoms with Gasteiger partial charge in [-0.05, 0) is 97.5 Å². The molecule has 0 N–H and O–H groups in total. The van der Waals surface area contributed by atoms with Crippen LogP contribution in [0.3, 0.4) is 0 Å². The first-order valence-electron chi connectivity index (χ1n) is 34.9. The number of rotatable bonds is 13. The van der Waals surface area contributed by atoms with Gasteiger partial charge in [-0.3, -0.25) is 9.97 Å². The van der Waals surface area contributed by atoms with Gasteiger partial charge >= 0.3 is 0 Å². The Morgan fingerprint density at radius 3 is 0.811 bits per heavy atom. The zero-order chi connectivity index (χ0) is 72.2. The van der Waals surface area contributed by atoms with E-state index in [0.29, 0.717) is 11.6 Å². The second kappa shape index (κ2) is 33.6. The summed E-state index contributed by atoms with van der Waals surface area (Å²) in [5, 5.41) is 0. The van der Waals surface area contributed by atoms with Crippen LogP contribution in [0.25, 0.3) is 146 Å². The second-order valence-electron chi connectivity index (χ2n) is 25.2. The normalized spacial score (nSPS) is 10.6. The lowest BCUT2D eigenvalue weighted by molar-refractivity contribution is 1.06. The summed E-state index contributed by atoms with van der Waals surface area (Å²) in [7, 11) is 0. The van der Waals surface area contributed by atoms with E-state index >= 15 is 0 Å². The lowest BCUT2D eigenvalue weighted by Crippen LogP contribution is -1.97. The lowest BCUT2D eigenvalue weighted by atomic mass is 10.0. The maximum Gasteiger partial charge on any atom is 0.163 e. The number of nitrogens with zero attached hydrogens (tertiary/aromatic N) is 12. The van der Waals surface area contributed by atoms with Crippen molar-refractivity contribution in [3.05, 3.63) is 388 Å². The van der Waals surface area contributed by atoms with Crippen LogP contribution in [0.1, 0.15) is 22.8 Å². The van der Waals surface area contributed by atoms with Gasteiger partial charge in [-0.15, -0.1) is 0 Å². The van der Waals surface area contributed by atoms with E-state index in [4.69, 9.17) is 15.0 Å². The quantitative estimate of drug-likeness (QED) is 0.108. The molecule has 17 aromatic rings. The van der Waals surface area contributed by atoms with Gasteiger partial charge in [0, 0.05) is 98.6 Å². The molecule has 7 aromatic heterocycles. The number of hydrogen-bond donors (Lipinski definition) is 0. The molecular weight excluding hydrogens is 1300 g/mol. The van der Waals surface area contributed by atoms with Crippen LogP contribution in [0.2, 0.25) is 0 Å². The van der Waals surface area contributed by atoms with Crippen LogP contribution in [-0.4, -0.2) is 59.8 Å². The molecule has 0 atom stereocenters. The summed E-state index contributed by atoms with van der Waals surface area (Å²) in [6, 6.07) is 111. The molecule has 0 spiro atoms. The minimum atomic E-state index is 0.637. The first-order valence-corrected chi connectivity index (χ1v) is 34.9. The molecule has 0 radical (unpaired) electrons. The van der Waals surface area contributed by atoms with E-state index in [1.54, 1.807) is 24.8 Å². The second-order valence-corrected chi connectivity index (χ2v) is 25.2. The monoisotopic (exact) mass is 1370 g/mol. The van der Waals surface area contributed by atoms with E-state index in [-0.39, 0.29) is 0 Å². The van der Waals surface area contributed by atoms with Crippen molar-refractivity contribution in [1.82, 2.24) is 59.8 Å². The smallest absolute Gasteiger partial charge is 0.163 e. The molecule has 0 aliphatic carbocycles. The van der Waals surface area contributed by atoms with E-state index < -0.39 is 0 Å². The minimum absolute atomic E-state index is 0.637.